The first-order chi connectivity index (χ1) is 14.9. The summed E-state index contributed by atoms with van der Waals surface area (Å²) in [5.41, 5.74) is 0.865. The Morgan fingerprint density at radius 3 is 2.45 bits per heavy atom. The monoisotopic (exact) mass is 447 g/mol. The van der Waals surface area contributed by atoms with Crippen LogP contribution < -0.4 is 10.6 Å². The van der Waals surface area contributed by atoms with Crippen LogP contribution in [0, 0.1) is 0 Å². The molecular formula is C21H25N3O6S. The fraction of sp³-hybridized carbons (Fsp3) is 0.333. The summed E-state index contributed by atoms with van der Waals surface area (Å²) in [6.45, 7) is 0.684. The molecule has 0 radical (unpaired) electrons. The van der Waals surface area contributed by atoms with E-state index in [4.69, 9.17) is 9.47 Å². The SMILES string of the molecule is COCCOC(=O)Nc1cccc(NC(=O)C2CCCN2S(=O)(=O)c2ccccc2)c1. The van der Waals surface area contributed by atoms with Gasteiger partial charge in [0, 0.05) is 25.0 Å². The molecule has 1 aliphatic heterocycles. The van der Waals surface area contributed by atoms with Crippen LogP contribution in [0.15, 0.2) is 59.5 Å². The van der Waals surface area contributed by atoms with Gasteiger partial charge in [0.2, 0.25) is 15.9 Å². The Hall–Kier alpha value is -2.95. The number of hydrogen-bond acceptors (Lipinski definition) is 6. The molecule has 0 saturated carbocycles. The molecule has 2 aromatic carbocycles. The van der Waals surface area contributed by atoms with E-state index >= 15 is 0 Å². The zero-order valence-corrected chi connectivity index (χ0v) is 17.9. The molecule has 1 aliphatic rings. The Labute approximate surface area is 181 Å². The van der Waals surface area contributed by atoms with Crippen LogP contribution in [0.1, 0.15) is 12.8 Å². The first-order valence-corrected chi connectivity index (χ1v) is 11.3. The second-order valence-corrected chi connectivity index (χ2v) is 8.80. The van der Waals surface area contributed by atoms with Gasteiger partial charge < -0.3 is 14.8 Å². The molecule has 0 bridgehead atoms. The van der Waals surface area contributed by atoms with Crippen LogP contribution in [0.3, 0.4) is 0 Å². The van der Waals surface area contributed by atoms with Gasteiger partial charge in [-0.05, 0) is 43.2 Å². The predicted octanol–water partition coefficient (Wildman–Crippen LogP) is 2.67. The van der Waals surface area contributed by atoms with Gasteiger partial charge in [0.1, 0.15) is 12.6 Å². The highest BCUT2D eigenvalue weighted by Crippen LogP contribution is 2.27. The maximum absolute atomic E-state index is 13.0. The van der Waals surface area contributed by atoms with E-state index in [0.717, 1.165) is 0 Å². The Balaban J connectivity index is 1.66. The summed E-state index contributed by atoms with van der Waals surface area (Å²) < 4.78 is 36.9. The van der Waals surface area contributed by atoms with Crippen molar-refractivity contribution < 1.29 is 27.5 Å². The molecule has 10 heteroatoms. The molecule has 3 rings (SSSR count). The van der Waals surface area contributed by atoms with Gasteiger partial charge in [0.05, 0.1) is 11.5 Å². The van der Waals surface area contributed by atoms with Crippen molar-refractivity contribution in [3.8, 4) is 0 Å². The molecule has 166 valence electrons. The number of rotatable bonds is 8. The molecule has 1 atom stereocenters. The van der Waals surface area contributed by atoms with Crippen molar-refractivity contribution in [1.82, 2.24) is 4.31 Å². The van der Waals surface area contributed by atoms with Crippen molar-refractivity contribution >= 4 is 33.4 Å². The van der Waals surface area contributed by atoms with Gasteiger partial charge in [-0.15, -0.1) is 0 Å². The molecule has 1 unspecified atom stereocenters. The number of anilines is 2. The lowest BCUT2D eigenvalue weighted by molar-refractivity contribution is -0.119. The third-order valence-corrected chi connectivity index (χ3v) is 6.68. The fourth-order valence-corrected chi connectivity index (χ4v) is 4.97. The molecular weight excluding hydrogens is 422 g/mol. The van der Waals surface area contributed by atoms with Crippen molar-refractivity contribution in [2.75, 3.05) is 37.5 Å². The van der Waals surface area contributed by atoms with E-state index in [0.29, 0.717) is 24.2 Å². The van der Waals surface area contributed by atoms with Gasteiger partial charge in [0.25, 0.3) is 0 Å². The predicted molar refractivity (Wildman–Crippen MR) is 115 cm³/mol. The second-order valence-electron chi connectivity index (χ2n) is 6.91. The molecule has 2 aromatic rings. The lowest BCUT2D eigenvalue weighted by Crippen LogP contribution is -2.43. The molecule has 2 amide bonds. The first kappa shape index (κ1) is 22.7. The number of amides is 2. The summed E-state index contributed by atoms with van der Waals surface area (Å²) in [5, 5.41) is 5.31. The molecule has 1 heterocycles. The van der Waals surface area contributed by atoms with Crippen LogP contribution in [0.5, 0.6) is 0 Å². The third kappa shape index (κ3) is 5.81. The molecule has 0 aliphatic carbocycles. The van der Waals surface area contributed by atoms with Crippen molar-refractivity contribution in [1.29, 1.82) is 0 Å². The summed E-state index contributed by atoms with van der Waals surface area (Å²) in [6.07, 6.45) is 0.386. The van der Waals surface area contributed by atoms with E-state index in [2.05, 4.69) is 10.6 Å². The number of nitrogens with one attached hydrogen (secondary N) is 2. The zero-order chi connectivity index (χ0) is 22.3. The molecule has 1 fully saturated rings. The number of methoxy groups -OCH3 is 1. The second kappa shape index (κ2) is 10.4. The largest absolute Gasteiger partial charge is 0.447 e. The Kier molecular flexibility index (Phi) is 7.61. The third-order valence-electron chi connectivity index (χ3n) is 4.75. The minimum atomic E-state index is -3.77. The minimum absolute atomic E-state index is 0.117. The highest BCUT2D eigenvalue weighted by molar-refractivity contribution is 7.89. The minimum Gasteiger partial charge on any atom is -0.447 e. The number of nitrogens with zero attached hydrogens (tertiary/aromatic N) is 1. The number of sulfonamides is 1. The Morgan fingerprint density at radius 1 is 1.03 bits per heavy atom. The highest BCUT2D eigenvalue weighted by atomic mass is 32.2. The van der Waals surface area contributed by atoms with Crippen molar-refractivity contribution in [3.05, 3.63) is 54.6 Å². The fourth-order valence-electron chi connectivity index (χ4n) is 3.29. The normalized spacial score (nSPS) is 16.6. The van der Waals surface area contributed by atoms with Crippen molar-refractivity contribution in [3.63, 3.8) is 0 Å². The Bertz CT molecular complexity index is 1010. The van der Waals surface area contributed by atoms with E-state index < -0.39 is 28.1 Å². The standard InChI is InChI=1S/C21H25N3O6S/c1-29-13-14-30-21(26)23-17-8-5-7-16(15-17)22-20(25)19-11-6-12-24(19)31(27,28)18-9-3-2-4-10-18/h2-5,7-10,15,19H,6,11-14H2,1H3,(H,22,25)(H,23,26). The van der Waals surface area contributed by atoms with Crippen LogP contribution >= 0.6 is 0 Å². The van der Waals surface area contributed by atoms with Gasteiger partial charge >= 0.3 is 6.09 Å². The first-order valence-electron chi connectivity index (χ1n) is 9.82. The molecule has 31 heavy (non-hydrogen) atoms. The Morgan fingerprint density at radius 2 is 1.74 bits per heavy atom. The van der Waals surface area contributed by atoms with E-state index in [9.17, 15) is 18.0 Å². The number of ether oxygens (including phenoxy) is 2. The van der Waals surface area contributed by atoms with Crippen LogP contribution in [0.4, 0.5) is 16.2 Å². The quantitative estimate of drug-likeness (QED) is 0.602. The summed E-state index contributed by atoms with van der Waals surface area (Å²) in [4.78, 5) is 24.8. The van der Waals surface area contributed by atoms with Gasteiger partial charge in [-0.3, -0.25) is 10.1 Å². The van der Waals surface area contributed by atoms with E-state index in [1.165, 1.54) is 23.5 Å². The number of carbonyl (C=O) groups excluding carboxylic acids is 2. The topological polar surface area (TPSA) is 114 Å². The molecule has 1 saturated heterocycles. The van der Waals surface area contributed by atoms with Crippen molar-refractivity contribution in [2.24, 2.45) is 0 Å². The lowest BCUT2D eigenvalue weighted by Gasteiger charge is -2.23. The van der Waals surface area contributed by atoms with Gasteiger partial charge in [0.15, 0.2) is 0 Å². The molecule has 2 N–H and O–H groups in total. The zero-order valence-electron chi connectivity index (χ0n) is 17.1. The summed E-state index contributed by atoms with van der Waals surface area (Å²) in [5.74, 6) is -0.420. The maximum atomic E-state index is 13.0. The van der Waals surface area contributed by atoms with Gasteiger partial charge in [-0.2, -0.15) is 4.31 Å². The van der Waals surface area contributed by atoms with E-state index in [1.807, 2.05) is 0 Å². The number of benzene rings is 2. The maximum Gasteiger partial charge on any atom is 0.411 e. The average Bonchev–Trinajstić information content (AvgIpc) is 3.26. The van der Waals surface area contributed by atoms with Crippen LogP contribution in [-0.4, -0.2) is 57.6 Å². The van der Waals surface area contributed by atoms with Gasteiger partial charge in [-0.1, -0.05) is 24.3 Å². The summed E-state index contributed by atoms with van der Waals surface area (Å²) in [6, 6.07) is 13.8. The number of carbonyl (C=O) groups is 2. The average molecular weight is 448 g/mol. The summed E-state index contributed by atoms with van der Waals surface area (Å²) in [7, 11) is -2.27. The van der Waals surface area contributed by atoms with Gasteiger partial charge in [-0.25, -0.2) is 13.2 Å². The smallest absolute Gasteiger partial charge is 0.411 e. The van der Waals surface area contributed by atoms with Crippen LogP contribution in [-0.2, 0) is 24.3 Å². The lowest BCUT2D eigenvalue weighted by atomic mass is 10.2. The van der Waals surface area contributed by atoms with E-state index in [-0.39, 0.29) is 24.7 Å². The summed E-state index contributed by atoms with van der Waals surface area (Å²) >= 11 is 0. The van der Waals surface area contributed by atoms with Crippen LogP contribution in [0.25, 0.3) is 0 Å². The molecule has 0 aromatic heterocycles. The number of hydrogen-bond donors (Lipinski definition) is 2. The van der Waals surface area contributed by atoms with E-state index in [1.54, 1.807) is 42.5 Å². The van der Waals surface area contributed by atoms with Crippen LogP contribution in [0.2, 0.25) is 0 Å². The van der Waals surface area contributed by atoms with Crippen molar-refractivity contribution in [2.45, 2.75) is 23.8 Å². The molecule has 9 nitrogen and oxygen atoms in total. The highest BCUT2D eigenvalue weighted by Gasteiger charge is 2.39. The molecule has 0 spiro atoms.